The number of hydrogen-bond donors (Lipinski definition) is 1. The van der Waals surface area contributed by atoms with E-state index in [4.69, 9.17) is 4.84 Å². The number of carbonyl (C=O) groups excluding carboxylic acids is 2. The molecule has 6 heteroatoms. The molecule has 0 aliphatic carbocycles. The number of amides is 1. The van der Waals surface area contributed by atoms with Crippen molar-refractivity contribution in [1.82, 2.24) is 15.3 Å². The summed E-state index contributed by atoms with van der Waals surface area (Å²) in [5.74, 6) is -0.453. The van der Waals surface area contributed by atoms with E-state index >= 15 is 0 Å². The SMILES string of the molecule is CNCCN1C(=O)[C@@H](C)N(OC(=O)c2ccccc2)C[C@H]1C. The van der Waals surface area contributed by atoms with Gasteiger partial charge in [-0.05, 0) is 33.0 Å². The monoisotopic (exact) mass is 305 g/mol. The van der Waals surface area contributed by atoms with Crippen LogP contribution in [0.25, 0.3) is 0 Å². The first kappa shape index (κ1) is 16.5. The van der Waals surface area contributed by atoms with Gasteiger partial charge < -0.3 is 15.1 Å². The van der Waals surface area contributed by atoms with Gasteiger partial charge in [0.1, 0.15) is 6.04 Å². The number of likely N-dealkylation sites (N-methyl/N-ethyl adjacent to an activating group) is 1. The number of hydrogen-bond acceptors (Lipinski definition) is 5. The molecule has 0 saturated carbocycles. The van der Waals surface area contributed by atoms with Gasteiger partial charge in [-0.25, -0.2) is 4.79 Å². The summed E-state index contributed by atoms with van der Waals surface area (Å²) >= 11 is 0. The maximum absolute atomic E-state index is 12.4. The van der Waals surface area contributed by atoms with E-state index in [0.717, 1.165) is 6.54 Å². The smallest absolute Gasteiger partial charge is 0.357 e. The molecule has 1 N–H and O–H groups in total. The summed E-state index contributed by atoms with van der Waals surface area (Å²) in [4.78, 5) is 31.8. The molecule has 0 aromatic heterocycles. The Bertz CT molecular complexity index is 521. The number of nitrogens with one attached hydrogen (secondary N) is 1. The molecule has 0 bridgehead atoms. The lowest BCUT2D eigenvalue weighted by Gasteiger charge is -2.41. The van der Waals surface area contributed by atoms with Crippen LogP contribution in [0.15, 0.2) is 30.3 Å². The molecule has 2 rings (SSSR count). The third-order valence-corrected chi connectivity index (χ3v) is 3.86. The number of piperazine rings is 1. The summed E-state index contributed by atoms with van der Waals surface area (Å²) in [5.41, 5.74) is 0.479. The van der Waals surface area contributed by atoms with Crippen LogP contribution >= 0.6 is 0 Å². The Kier molecular flexibility index (Phi) is 5.51. The Labute approximate surface area is 131 Å². The van der Waals surface area contributed by atoms with Gasteiger partial charge in [0.15, 0.2) is 0 Å². The standard InChI is InChI=1S/C16H23N3O3/c1-12-11-19(13(2)15(20)18(12)10-9-17-3)22-16(21)14-7-5-4-6-8-14/h4-8,12-13,17H,9-11H2,1-3H3/t12-,13-/m1/s1. The Balaban J connectivity index is 2.01. The molecule has 0 spiro atoms. The highest BCUT2D eigenvalue weighted by molar-refractivity contribution is 5.89. The summed E-state index contributed by atoms with van der Waals surface area (Å²) in [6, 6.07) is 8.32. The second-order valence-electron chi connectivity index (χ2n) is 5.50. The molecule has 1 aliphatic rings. The summed E-state index contributed by atoms with van der Waals surface area (Å²) < 4.78 is 0. The minimum atomic E-state index is -0.472. The fourth-order valence-corrected chi connectivity index (χ4v) is 2.51. The molecule has 6 nitrogen and oxygen atoms in total. The lowest BCUT2D eigenvalue weighted by atomic mass is 10.1. The lowest BCUT2D eigenvalue weighted by Crippen LogP contribution is -2.60. The molecule has 1 saturated heterocycles. The van der Waals surface area contributed by atoms with Crippen LogP contribution in [0.1, 0.15) is 24.2 Å². The van der Waals surface area contributed by atoms with Crippen LogP contribution in [0.3, 0.4) is 0 Å². The van der Waals surface area contributed by atoms with E-state index in [0.29, 0.717) is 18.7 Å². The van der Waals surface area contributed by atoms with Crippen molar-refractivity contribution in [3.8, 4) is 0 Å². The van der Waals surface area contributed by atoms with Gasteiger partial charge in [0, 0.05) is 19.1 Å². The predicted octanol–water partition coefficient (Wildman–Crippen LogP) is 0.899. The lowest BCUT2D eigenvalue weighted by molar-refractivity contribution is -0.185. The molecule has 22 heavy (non-hydrogen) atoms. The fraction of sp³-hybridized carbons (Fsp3) is 0.500. The van der Waals surface area contributed by atoms with Gasteiger partial charge in [-0.1, -0.05) is 18.2 Å². The fourth-order valence-electron chi connectivity index (χ4n) is 2.51. The summed E-state index contributed by atoms with van der Waals surface area (Å²) in [5, 5.41) is 4.53. The topological polar surface area (TPSA) is 61.9 Å². The van der Waals surface area contributed by atoms with E-state index in [-0.39, 0.29) is 11.9 Å². The molecule has 1 fully saturated rings. The molecule has 0 unspecified atom stereocenters. The predicted molar refractivity (Wildman–Crippen MR) is 83.1 cm³/mol. The van der Waals surface area contributed by atoms with E-state index in [1.807, 2.05) is 24.9 Å². The van der Waals surface area contributed by atoms with Gasteiger partial charge in [0.25, 0.3) is 0 Å². The van der Waals surface area contributed by atoms with Crippen LogP contribution in [-0.2, 0) is 9.63 Å². The van der Waals surface area contributed by atoms with E-state index in [1.54, 1.807) is 31.2 Å². The quantitative estimate of drug-likeness (QED) is 0.876. The van der Waals surface area contributed by atoms with Crippen molar-refractivity contribution in [1.29, 1.82) is 0 Å². The van der Waals surface area contributed by atoms with Crippen molar-refractivity contribution in [2.75, 3.05) is 26.7 Å². The van der Waals surface area contributed by atoms with Crippen LogP contribution in [0.2, 0.25) is 0 Å². The number of nitrogens with zero attached hydrogens (tertiary/aromatic N) is 2. The molecule has 1 aromatic rings. The normalized spacial score (nSPS) is 22.7. The molecular formula is C16H23N3O3. The average molecular weight is 305 g/mol. The summed E-state index contributed by atoms with van der Waals surface area (Å²) in [7, 11) is 1.86. The molecule has 1 aliphatic heterocycles. The van der Waals surface area contributed by atoms with Gasteiger partial charge in [-0.15, -0.1) is 5.06 Å². The minimum Gasteiger partial charge on any atom is -0.363 e. The van der Waals surface area contributed by atoms with Crippen molar-refractivity contribution in [3.63, 3.8) is 0 Å². The zero-order valence-electron chi connectivity index (χ0n) is 13.3. The molecule has 2 atom stereocenters. The van der Waals surface area contributed by atoms with Gasteiger partial charge in [0.2, 0.25) is 5.91 Å². The Morgan fingerprint density at radius 1 is 1.32 bits per heavy atom. The van der Waals surface area contributed by atoms with E-state index in [1.165, 1.54) is 5.06 Å². The first-order valence-electron chi connectivity index (χ1n) is 7.53. The molecule has 1 aromatic carbocycles. The summed E-state index contributed by atoms with van der Waals surface area (Å²) in [6.45, 7) is 5.63. The Morgan fingerprint density at radius 2 is 2.00 bits per heavy atom. The Hall–Kier alpha value is -1.92. The van der Waals surface area contributed by atoms with E-state index in [2.05, 4.69) is 5.32 Å². The maximum Gasteiger partial charge on any atom is 0.357 e. The van der Waals surface area contributed by atoms with Crippen molar-refractivity contribution in [2.24, 2.45) is 0 Å². The first-order chi connectivity index (χ1) is 10.5. The van der Waals surface area contributed by atoms with Crippen LogP contribution in [0.4, 0.5) is 0 Å². The third kappa shape index (κ3) is 3.64. The highest BCUT2D eigenvalue weighted by Crippen LogP contribution is 2.18. The molecule has 0 radical (unpaired) electrons. The maximum atomic E-state index is 12.4. The number of carbonyl (C=O) groups is 2. The molecule has 1 amide bonds. The highest BCUT2D eigenvalue weighted by atomic mass is 16.7. The van der Waals surface area contributed by atoms with Crippen molar-refractivity contribution < 1.29 is 14.4 Å². The average Bonchev–Trinajstić information content (AvgIpc) is 2.53. The second kappa shape index (κ2) is 7.38. The van der Waals surface area contributed by atoms with E-state index in [9.17, 15) is 9.59 Å². The summed E-state index contributed by atoms with van der Waals surface area (Å²) in [6.07, 6.45) is 0. The second-order valence-corrected chi connectivity index (χ2v) is 5.50. The number of rotatable bonds is 5. The zero-order chi connectivity index (χ0) is 16.1. The highest BCUT2D eigenvalue weighted by Gasteiger charge is 2.37. The largest absolute Gasteiger partial charge is 0.363 e. The minimum absolute atomic E-state index is 0.000577. The third-order valence-electron chi connectivity index (χ3n) is 3.86. The van der Waals surface area contributed by atoms with Crippen LogP contribution in [0, 0.1) is 0 Å². The van der Waals surface area contributed by atoms with Crippen molar-refractivity contribution >= 4 is 11.9 Å². The van der Waals surface area contributed by atoms with Gasteiger partial charge in [0.05, 0.1) is 12.1 Å². The van der Waals surface area contributed by atoms with Crippen LogP contribution in [-0.4, -0.2) is 60.6 Å². The number of hydroxylamine groups is 2. The molecule has 1 heterocycles. The van der Waals surface area contributed by atoms with Gasteiger partial charge in [-0.2, -0.15) is 0 Å². The zero-order valence-corrected chi connectivity index (χ0v) is 13.3. The first-order valence-corrected chi connectivity index (χ1v) is 7.53. The van der Waals surface area contributed by atoms with Crippen LogP contribution in [0.5, 0.6) is 0 Å². The van der Waals surface area contributed by atoms with Crippen molar-refractivity contribution in [3.05, 3.63) is 35.9 Å². The van der Waals surface area contributed by atoms with Crippen LogP contribution < -0.4 is 5.32 Å². The molecule has 120 valence electrons. The number of benzene rings is 1. The van der Waals surface area contributed by atoms with Gasteiger partial charge >= 0.3 is 5.97 Å². The Morgan fingerprint density at radius 3 is 2.64 bits per heavy atom. The molecular weight excluding hydrogens is 282 g/mol. The van der Waals surface area contributed by atoms with Gasteiger partial charge in [-0.3, -0.25) is 4.79 Å². The van der Waals surface area contributed by atoms with E-state index < -0.39 is 12.0 Å². The van der Waals surface area contributed by atoms with Crippen molar-refractivity contribution in [2.45, 2.75) is 25.9 Å².